The van der Waals surface area contributed by atoms with Gasteiger partial charge < -0.3 is 11.1 Å². The van der Waals surface area contributed by atoms with Crippen LogP contribution < -0.4 is 11.1 Å². The molecule has 2 rings (SSSR count). The number of carbonyl (C=O) groups is 1. The number of nitrogens with zero attached hydrogens (tertiary/aromatic N) is 2. The minimum atomic E-state index is -0.0791. The molecule has 1 aromatic carbocycles. The van der Waals surface area contributed by atoms with Gasteiger partial charge in [-0.1, -0.05) is 26.0 Å². The van der Waals surface area contributed by atoms with Gasteiger partial charge in [-0.05, 0) is 36.6 Å². The van der Waals surface area contributed by atoms with Crippen molar-refractivity contribution in [1.82, 2.24) is 9.78 Å². The lowest BCUT2D eigenvalue weighted by Gasteiger charge is -2.08. The number of carbonyl (C=O) groups excluding carboxylic acids is 1. The van der Waals surface area contributed by atoms with Crippen molar-refractivity contribution in [1.29, 1.82) is 0 Å². The van der Waals surface area contributed by atoms with Crippen LogP contribution in [0.1, 0.15) is 30.8 Å². The van der Waals surface area contributed by atoms with Gasteiger partial charge in [-0.15, -0.1) is 0 Å². The zero-order valence-electron chi connectivity index (χ0n) is 12.6. The Morgan fingerprint density at radius 1 is 1.29 bits per heavy atom. The molecule has 0 aliphatic heterocycles. The third kappa shape index (κ3) is 3.92. The monoisotopic (exact) mass is 286 g/mol. The summed E-state index contributed by atoms with van der Waals surface area (Å²) in [5.41, 5.74) is 9.46. The summed E-state index contributed by atoms with van der Waals surface area (Å²) in [4.78, 5) is 12.1. The van der Waals surface area contributed by atoms with Crippen molar-refractivity contribution in [2.75, 3.05) is 5.32 Å². The number of amides is 1. The highest BCUT2D eigenvalue weighted by atomic mass is 16.2. The molecular weight excluding hydrogens is 264 g/mol. The average molecular weight is 286 g/mol. The standard InChI is InChI=1S/C16H22N4O/c1-3-13-9-15(4-2)20(19-13)11-16(21)18-14-7-5-6-12(8-14)10-17/h5-9H,3-4,10-11,17H2,1-2H3,(H,18,21). The Labute approximate surface area is 125 Å². The molecule has 0 spiro atoms. The van der Waals surface area contributed by atoms with Crippen LogP contribution in [0.5, 0.6) is 0 Å². The highest BCUT2D eigenvalue weighted by molar-refractivity contribution is 5.90. The second kappa shape index (κ2) is 7.04. The van der Waals surface area contributed by atoms with Crippen LogP contribution in [0.4, 0.5) is 5.69 Å². The molecule has 0 aliphatic rings. The van der Waals surface area contributed by atoms with Crippen molar-refractivity contribution in [2.45, 2.75) is 39.8 Å². The van der Waals surface area contributed by atoms with Gasteiger partial charge in [0.05, 0.1) is 5.69 Å². The van der Waals surface area contributed by atoms with Gasteiger partial charge in [-0.3, -0.25) is 9.48 Å². The Kier molecular flexibility index (Phi) is 5.11. The molecule has 0 fully saturated rings. The molecule has 0 atom stereocenters. The van der Waals surface area contributed by atoms with Gasteiger partial charge in [0.2, 0.25) is 5.91 Å². The third-order valence-corrected chi connectivity index (χ3v) is 3.38. The average Bonchev–Trinajstić information content (AvgIpc) is 2.89. The third-order valence-electron chi connectivity index (χ3n) is 3.38. The minimum absolute atomic E-state index is 0.0791. The fraction of sp³-hybridized carbons (Fsp3) is 0.375. The summed E-state index contributed by atoms with van der Waals surface area (Å²) in [7, 11) is 0. The zero-order chi connectivity index (χ0) is 15.2. The first-order chi connectivity index (χ1) is 10.2. The summed E-state index contributed by atoms with van der Waals surface area (Å²) in [6.07, 6.45) is 1.74. The van der Waals surface area contributed by atoms with Crippen LogP contribution in [0, 0.1) is 0 Å². The molecule has 0 aliphatic carbocycles. The maximum atomic E-state index is 12.1. The van der Waals surface area contributed by atoms with E-state index in [2.05, 4.69) is 30.3 Å². The van der Waals surface area contributed by atoms with E-state index in [9.17, 15) is 4.79 Å². The number of rotatable bonds is 6. The molecule has 0 saturated carbocycles. The highest BCUT2D eigenvalue weighted by Gasteiger charge is 2.10. The van der Waals surface area contributed by atoms with E-state index >= 15 is 0 Å². The van der Waals surface area contributed by atoms with Crippen molar-refractivity contribution < 1.29 is 4.79 Å². The number of nitrogens with one attached hydrogen (secondary N) is 1. The molecule has 5 heteroatoms. The number of anilines is 1. The summed E-state index contributed by atoms with van der Waals surface area (Å²) in [6, 6.07) is 9.63. The Bertz CT molecular complexity index is 618. The first-order valence-corrected chi connectivity index (χ1v) is 7.30. The number of hydrogen-bond acceptors (Lipinski definition) is 3. The maximum absolute atomic E-state index is 12.1. The quantitative estimate of drug-likeness (QED) is 0.854. The first kappa shape index (κ1) is 15.3. The van der Waals surface area contributed by atoms with Crippen molar-refractivity contribution in [2.24, 2.45) is 5.73 Å². The summed E-state index contributed by atoms with van der Waals surface area (Å²) in [5, 5.41) is 7.34. The molecule has 5 nitrogen and oxygen atoms in total. The second-order valence-electron chi connectivity index (χ2n) is 4.94. The maximum Gasteiger partial charge on any atom is 0.246 e. The van der Waals surface area contributed by atoms with Crippen LogP contribution in [0.25, 0.3) is 0 Å². The summed E-state index contributed by atoms with van der Waals surface area (Å²) in [5.74, 6) is -0.0791. The van der Waals surface area contributed by atoms with Crippen LogP contribution in [-0.2, 0) is 30.7 Å². The lowest BCUT2D eigenvalue weighted by atomic mass is 10.2. The molecule has 0 radical (unpaired) electrons. The number of aromatic nitrogens is 2. The van der Waals surface area contributed by atoms with E-state index in [0.29, 0.717) is 6.54 Å². The predicted molar refractivity (Wildman–Crippen MR) is 83.9 cm³/mol. The van der Waals surface area contributed by atoms with Gasteiger partial charge in [0.25, 0.3) is 0 Å². The second-order valence-corrected chi connectivity index (χ2v) is 4.94. The molecule has 2 aromatic rings. The molecule has 0 saturated heterocycles. The smallest absolute Gasteiger partial charge is 0.246 e. The summed E-state index contributed by atoms with van der Waals surface area (Å²) >= 11 is 0. The molecule has 1 amide bonds. The van der Waals surface area contributed by atoms with Crippen molar-refractivity contribution in [3.8, 4) is 0 Å². The largest absolute Gasteiger partial charge is 0.326 e. The van der Waals surface area contributed by atoms with Gasteiger partial charge in [0.15, 0.2) is 0 Å². The van der Waals surface area contributed by atoms with Crippen LogP contribution in [0.3, 0.4) is 0 Å². The van der Waals surface area contributed by atoms with Gasteiger partial charge in [-0.25, -0.2) is 0 Å². The van der Waals surface area contributed by atoms with Gasteiger partial charge in [-0.2, -0.15) is 5.10 Å². The normalized spacial score (nSPS) is 10.6. The van der Waals surface area contributed by atoms with E-state index in [0.717, 1.165) is 35.5 Å². The minimum Gasteiger partial charge on any atom is -0.326 e. The van der Waals surface area contributed by atoms with E-state index < -0.39 is 0 Å². The van der Waals surface area contributed by atoms with Crippen LogP contribution in [0.2, 0.25) is 0 Å². The molecule has 112 valence electrons. The lowest BCUT2D eigenvalue weighted by Crippen LogP contribution is -2.21. The Morgan fingerprint density at radius 2 is 2.10 bits per heavy atom. The fourth-order valence-electron chi connectivity index (χ4n) is 2.22. The molecule has 0 bridgehead atoms. The van der Waals surface area contributed by atoms with Gasteiger partial charge in [0, 0.05) is 17.9 Å². The van der Waals surface area contributed by atoms with Crippen molar-refractivity contribution in [3.05, 3.63) is 47.3 Å². The van der Waals surface area contributed by atoms with Crippen LogP contribution >= 0.6 is 0 Å². The Balaban J connectivity index is 2.05. The van der Waals surface area contributed by atoms with Gasteiger partial charge >= 0.3 is 0 Å². The molecule has 1 heterocycles. The lowest BCUT2D eigenvalue weighted by molar-refractivity contribution is -0.116. The molecular formula is C16H22N4O. The zero-order valence-corrected chi connectivity index (χ0v) is 12.6. The Hall–Kier alpha value is -2.14. The fourth-order valence-corrected chi connectivity index (χ4v) is 2.22. The number of hydrogen-bond donors (Lipinski definition) is 2. The van der Waals surface area contributed by atoms with Crippen molar-refractivity contribution >= 4 is 11.6 Å². The van der Waals surface area contributed by atoms with Crippen LogP contribution in [-0.4, -0.2) is 15.7 Å². The SMILES string of the molecule is CCc1cc(CC)n(CC(=O)Nc2cccc(CN)c2)n1. The first-order valence-electron chi connectivity index (χ1n) is 7.30. The Morgan fingerprint density at radius 3 is 2.76 bits per heavy atom. The summed E-state index contributed by atoms with van der Waals surface area (Å²) in [6.45, 7) is 4.82. The highest BCUT2D eigenvalue weighted by Crippen LogP contribution is 2.11. The topological polar surface area (TPSA) is 72.9 Å². The number of benzene rings is 1. The number of nitrogens with two attached hydrogens (primary N) is 1. The molecule has 1 aromatic heterocycles. The van der Waals surface area contributed by atoms with Crippen LogP contribution in [0.15, 0.2) is 30.3 Å². The molecule has 0 unspecified atom stereocenters. The van der Waals surface area contributed by atoms with E-state index in [-0.39, 0.29) is 12.5 Å². The van der Waals surface area contributed by atoms with Gasteiger partial charge in [0.1, 0.15) is 6.54 Å². The van der Waals surface area contributed by atoms with Crippen molar-refractivity contribution in [3.63, 3.8) is 0 Å². The summed E-state index contributed by atoms with van der Waals surface area (Å²) < 4.78 is 1.78. The molecule has 21 heavy (non-hydrogen) atoms. The van der Waals surface area contributed by atoms with E-state index in [4.69, 9.17) is 5.73 Å². The van der Waals surface area contributed by atoms with E-state index in [1.54, 1.807) is 4.68 Å². The predicted octanol–water partition coefficient (Wildman–Crippen LogP) is 2.11. The molecule has 3 N–H and O–H groups in total. The van der Waals surface area contributed by atoms with E-state index in [1.807, 2.05) is 24.3 Å². The number of aryl methyl sites for hydroxylation is 2. The van der Waals surface area contributed by atoms with E-state index in [1.165, 1.54) is 0 Å².